The first-order valence-electron chi connectivity index (χ1n) is 3.94. The van der Waals surface area contributed by atoms with Crippen molar-refractivity contribution in [2.24, 2.45) is 0 Å². The minimum Gasteiger partial charge on any atom is -0.288 e. The van der Waals surface area contributed by atoms with E-state index in [0.717, 1.165) is 25.7 Å². The highest BCUT2D eigenvalue weighted by Crippen LogP contribution is 2.02. The Labute approximate surface area is 69.3 Å². The van der Waals surface area contributed by atoms with E-state index < -0.39 is 10.0 Å². The molecule has 0 aliphatic carbocycles. The lowest BCUT2D eigenvalue weighted by atomic mass is 10.2. The molecule has 4 heteroatoms. The van der Waals surface area contributed by atoms with Gasteiger partial charge < -0.3 is 0 Å². The summed E-state index contributed by atoms with van der Waals surface area (Å²) >= 11 is 0. The van der Waals surface area contributed by atoms with Gasteiger partial charge in [-0.25, -0.2) is 8.99 Å². The molecule has 0 aromatic rings. The first-order chi connectivity index (χ1) is 5.12. The molecule has 0 saturated carbocycles. The first kappa shape index (κ1) is 10.9. The van der Waals surface area contributed by atoms with Crippen LogP contribution in [0.4, 0.5) is 0 Å². The molecule has 0 radical (unpaired) electrons. The molecule has 0 aromatic carbocycles. The van der Waals surface area contributed by atoms with E-state index in [-0.39, 0.29) is 0 Å². The minimum atomic E-state index is -2.70. The van der Waals surface area contributed by atoms with Crippen LogP contribution < -0.4 is 0 Å². The van der Waals surface area contributed by atoms with Crippen LogP contribution in [0.3, 0.4) is 0 Å². The molecule has 0 bridgehead atoms. The standard InChI is InChI=1S/C7H17NO2S/c1-3-4-5-6-7-11(8,9)10-2/h8H,3-7H2,1-2H3/t11-/m1/s1. The Morgan fingerprint density at radius 1 is 1.36 bits per heavy atom. The fraction of sp³-hybridized carbons (Fsp3) is 1.00. The molecule has 0 aliphatic rings. The second kappa shape index (κ2) is 5.55. The summed E-state index contributed by atoms with van der Waals surface area (Å²) < 4.78 is 22.6. The molecule has 0 aliphatic heterocycles. The van der Waals surface area contributed by atoms with E-state index in [1.54, 1.807) is 0 Å². The number of hydrogen-bond donors (Lipinski definition) is 1. The van der Waals surface area contributed by atoms with Crippen LogP contribution in [0.1, 0.15) is 32.6 Å². The van der Waals surface area contributed by atoms with Crippen LogP contribution in [0, 0.1) is 4.78 Å². The maximum atomic E-state index is 11.0. The van der Waals surface area contributed by atoms with Crippen molar-refractivity contribution < 1.29 is 8.39 Å². The van der Waals surface area contributed by atoms with E-state index in [9.17, 15) is 4.21 Å². The van der Waals surface area contributed by atoms with Crippen molar-refractivity contribution in [2.45, 2.75) is 32.6 Å². The largest absolute Gasteiger partial charge is 0.288 e. The predicted octanol–water partition coefficient (Wildman–Crippen LogP) is 2.17. The Kier molecular flexibility index (Phi) is 5.50. The second-order valence-corrected chi connectivity index (χ2v) is 4.52. The van der Waals surface area contributed by atoms with Crippen molar-refractivity contribution in [1.29, 1.82) is 4.78 Å². The Morgan fingerprint density at radius 3 is 2.45 bits per heavy atom. The van der Waals surface area contributed by atoms with Gasteiger partial charge in [0.05, 0.1) is 12.9 Å². The lowest BCUT2D eigenvalue weighted by Gasteiger charge is -2.02. The molecule has 0 heterocycles. The van der Waals surface area contributed by atoms with E-state index in [4.69, 9.17) is 4.78 Å². The second-order valence-electron chi connectivity index (χ2n) is 2.55. The van der Waals surface area contributed by atoms with Gasteiger partial charge in [0.25, 0.3) is 0 Å². The average molecular weight is 179 g/mol. The van der Waals surface area contributed by atoms with Crippen LogP contribution in [0.15, 0.2) is 0 Å². The summed E-state index contributed by atoms with van der Waals surface area (Å²) in [6, 6.07) is 0. The van der Waals surface area contributed by atoms with E-state index in [0.29, 0.717) is 5.75 Å². The van der Waals surface area contributed by atoms with Gasteiger partial charge >= 0.3 is 0 Å². The zero-order valence-electron chi connectivity index (χ0n) is 7.26. The van der Waals surface area contributed by atoms with E-state index in [2.05, 4.69) is 11.1 Å². The van der Waals surface area contributed by atoms with Gasteiger partial charge in [-0.1, -0.05) is 26.2 Å². The van der Waals surface area contributed by atoms with Gasteiger partial charge in [-0.3, -0.25) is 4.18 Å². The predicted molar refractivity (Wildman–Crippen MR) is 46.9 cm³/mol. The molecule has 1 N–H and O–H groups in total. The smallest absolute Gasteiger partial charge is 0.160 e. The molecule has 11 heavy (non-hydrogen) atoms. The van der Waals surface area contributed by atoms with Crippen molar-refractivity contribution >= 4 is 10.0 Å². The van der Waals surface area contributed by atoms with Gasteiger partial charge in [0.1, 0.15) is 0 Å². The molecule has 0 rings (SSSR count). The highest BCUT2D eigenvalue weighted by Gasteiger charge is 2.01. The van der Waals surface area contributed by atoms with Gasteiger partial charge in [0, 0.05) is 0 Å². The first-order valence-corrected chi connectivity index (χ1v) is 5.59. The fourth-order valence-corrected chi connectivity index (χ4v) is 1.55. The van der Waals surface area contributed by atoms with Crippen LogP contribution in [-0.2, 0) is 14.2 Å². The van der Waals surface area contributed by atoms with Crippen molar-refractivity contribution in [3.8, 4) is 0 Å². The maximum Gasteiger partial charge on any atom is 0.160 e. The zero-order chi connectivity index (χ0) is 8.74. The number of nitrogens with one attached hydrogen (secondary N) is 1. The SMILES string of the molecule is CCCCCC[S@@](=N)(=O)OC. The van der Waals surface area contributed by atoms with Crippen molar-refractivity contribution in [3.63, 3.8) is 0 Å². The van der Waals surface area contributed by atoms with E-state index in [1.807, 2.05) is 0 Å². The lowest BCUT2D eigenvalue weighted by Crippen LogP contribution is -2.05. The summed E-state index contributed by atoms with van der Waals surface area (Å²) in [6.07, 6.45) is 4.20. The van der Waals surface area contributed by atoms with Crippen molar-refractivity contribution in [2.75, 3.05) is 12.9 Å². The molecule has 0 spiro atoms. The monoisotopic (exact) mass is 179 g/mol. The van der Waals surface area contributed by atoms with Crippen LogP contribution in [0.5, 0.6) is 0 Å². The lowest BCUT2D eigenvalue weighted by molar-refractivity contribution is 0.432. The van der Waals surface area contributed by atoms with Crippen LogP contribution >= 0.6 is 0 Å². The van der Waals surface area contributed by atoms with Crippen LogP contribution in [0.2, 0.25) is 0 Å². The normalized spacial score (nSPS) is 16.2. The third kappa shape index (κ3) is 6.31. The molecular formula is C7H17NO2S. The van der Waals surface area contributed by atoms with Crippen molar-refractivity contribution in [1.82, 2.24) is 0 Å². The Hall–Kier alpha value is -0.0900. The van der Waals surface area contributed by atoms with Crippen LogP contribution in [-0.4, -0.2) is 17.1 Å². The minimum absolute atomic E-state index is 0.378. The van der Waals surface area contributed by atoms with Gasteiger partial charge in [-0.2, -0.15) is 0 Å². The summed E-state index contributed by atoms with van der Waals surface area (Å²) in [5.41, 5.74) is 0. The van der Waals surface area contributed by atoms with Crippen LogP contribution in [0.25, 0.3) is 0 Å². The Balaban J connectivity index is 3.39. The summed E-state index contributed by atoms with van der Waals surface area (Å²) in [6.45, 7) is 2.12. The number of rotatable bonds is 6. The topological polar surface area (TPSA) is 50.2 Å². The Morgan fingerprint density at radius 2 is 2.00 bits per heavy atom. The molecule has 3 nitrogen and oxygen atoms in total. The molecule has 0 amide bonds. The van der Waals surface area contributed by atoms with E-state index >= 15 is 0 Å². The number of hydrogen-bond acceptors (Lipinski definition) is 3. The zero-order valence-corrected chi connectivity index (χ0v) is 8.08. The fourth-order valence-electron chi connectivity index (χ4n) is 0.802. The number of unbranched alkanes of at least 4 members (excludes halogenated alkanes) is 3. The maximum absolute atomic E-state index is 11.0. The highest BCUT2D eigenvalue weighted by atomic mass is 32.2. The summed E-state index contributed by atoms with van der Waals surface area (Å²) in [7, 11) is -1.37. The molecule has 0 unspecified atom stereocenters. The average Bonchev–Trinajstić information content (AvgIpc) is 1.99. The van der Waals surface area contributed by atoms with Gasteiger partial charge in [0.15, 0.2) is 10.0 Å². The molecular weight excluding hydrogens is 162 g/mol. The van der Waals surface area contributed by atoms with Gasteiger partial charge in [-0.15, -0.1) is 0 Å². The van der Waals surface area contributed by atoms with E-state index in [1.165, 1.54) is 7.11 Å². The molecule has 1 atom stereocenters. The Bertz CT molecular complexity index is 175. The third-order valence-electron chi connectivity index (χ3n) is 1.54. The molecule has 0 saturated heterocycles. The quantitative estimate of drug-likeness (QED) is 0.635. The van der Waals surface area contributed by atoms with Gasteiger partial charge in [0.2, 0.25) is 0 Å². The van der Waals surface area contributed by atoms with Gasteiger partial charge in [-0.05, 0) is 6.42 Å². The molecule has 0 aromatic heterocycles. The van der Waals surface area contributed by atoms with Crippen molar-refractivity contribution in [3.05, 3.63) is 0 Å². The summed E-state index contributed by atoms with van der Waals surface area (Å²) in [4.78, 5) is 0. The summed E-state index contributed by atoms with van der Waals surface area (Å²) in [5, 5.41) is 0. The highest BCUT2D eigenvalue weighted by molar-refractivity contribution is 7.87. The third-order valence-corrected chi connectivity index (χ3v) is 2.90. The molecule has 68 valence electrons. The molecule has 0 fully saturated rings. The summed E-state index contributed by atoms with van der Waals surface area (Å²) in [5.74, 6) is 0.378.